The second-order valence-corrected chi connectivity index (χ2v) is 15.8. The molecule has 0 amide bonds. The molecule has 9 nitrogen and oxygen atoms in total. The van der Waals surface area contributed by atoms with Crippen molar-refractivity contribution in [3.63, 3.8) is 0 Å². The number of rotatable bonds is 5. The smallest absolute Gasteiger partial charge is 0.319 e. The predicted molar refractivity (Wildman–Crippen MR) is 163 cm³/mol. The van der Waals surface area contributed by atoms with E-state index in [9.17, 15) is 14.7 Å². The predicted octanol–water partition coefficient (Wildman–Crippen LogP) is 4.00. The summed E-state index contributed by atoms with van der Waals surface area (Å²) >= 11 is 0. The maximum Gasteiger partial charge on any atom is 0.319 e. The lowest BCUT2D eigenvalue weighted by Crippen LogP contribution is -2.59. The van der Waals surface area contributed by atoms with Crippen LogP contribution in [0.4, 0.5) is 0 Å². The lowest BCUT2D eigenvalue weighted by Gasteiger charge is -2.48. The number of carbonyl (C=O) groups excluding carboxylic acids is 2. The van der Waals surface area contributed by atoms with Crippen LogP contribution in [0.2, 0.25) is 0 Å². The molecule has 0 unspecified atom stereocenters. The highest BCUT2D eigenvalue weighted by atomic mass is 16.7. The minimum atomic E-state index is -1.39. The van der Waals surface area contributed by atoms with Gasteiger partial charge >= 0.3 is 5.97 Å². The Morgan fingerprint density at radius 2 is 1.67 bits per heavy atom. The van der Waals surface area contributed by atoms with Gasteiger partial charge in [0.25, 0.3) is 0 Å². The van der Waals surface area contributed by atoms with Gasteiger partial charge in [-0.05, 0) is 64.8 Å². The van der Waals surface area contributed by atoms with E-state index < -0.39 is 41.4 Å². The number of hydrogen-bond donors (Lipinski definition) is 1. The zero-order valence-electron chi connectivity index (χ0n) is 28.4. The Kier molecular flexibility index (Phi) is 11.4. The first-order chi connectivity index (χ1) is 19.3. The van der Waals surface area contributed by atoms with Crippen molar-refractivity contribution in [2.45, 2.75) is 118 Å². The van der Waals surface area contributed by atoms with Gasteiger partial charge in [-0.1, -0.05) is 41.5 Å². The number of aliphatic hydroxyl groups is 1. The fourth-order valence-corrected chi connectivity index (χ4v) is 7.47. The SMILES string of the molecule is CO[C@]1(C)C[C@@H](C)CN(C)[C@H](C2CN(CC(C)(C)C)C2)COC(=O)C(C)(C)C(=O)[C@H](C)[C@H]1O[C@@H]1O[C@H](C)C[C@H](C)[C@H]1O. The lowest BCUT2D eigenvalue weighted by atomic mass is 9.74. The zero-order valence-corrected chi connectivity index (χ0v) is 28.4. The third-order valence-corrected chi connectivity index (χ3v) is 9.81. The van der Waals surface area contributed by atoms with E-state index in [0.717, 1.165) is 32.6 Å². The minimum Gasteiger partial charge on any atom is -0.463 e. The maximum atomic E-state index is 14.1. The number of Topliss-reactive ketones (excluding diaryl/α,β-unsaturated/α-hetero) is 1. The van der Waals surface area contributed by atoms with Crippen molar-refractivity contribution in [1.29, 1.82) is 0 Å². The van der Waals surface area contributed by atoms with Crippen molar-refractivity contribution in [3.05, 3.63) is 0 Å². The van der Waals surface area contributed by atoms with Gasteiger partial charge in [0.05, 0.1) is 17.8 Å². The Bertz CT molecular complexity index is 930. The molecule has 3 fully saturated rings. The molecule has 42 heavy (non-hydrogen) atoms. The molecule has 0 spiro atoms. The fourth-order valence-electron chi connectivity index (χ4n) is 7.47. The maximum absolute atomic E-state index is 14.1. The molecule has 0 bridgehead atoms. The molecule has 0 aromatic rings. The van der Waals surface area contributed by atoms with Crippen molar-refractivity contribution in [3.8, 4) is 0 Å². The van der Waals surface area contributed by atoms with E-state index in [1.807, 2.05) is 20.8 Å². The molecule has 0 aromatic heterocycles. The van der Waals surface area contributed by atoms with Crippen LogP contribution in [0, 0.1) is 34.5 Å². The van der Waals surface area contributed by atoms with Gasteiger partial charge in [-0.3, -0.25) is 14.5 Å². The number of nitrogens with zero attached hydrogens (tertiary/aromatic N) is 2. The van der Waals surface area contributed by atoms with E-state index >= 15 is 0 Å². The van der Waals surface area contributed by atoms with Crippen LogP contribution in [0.5, 0.6) is 0 Å². The third kappa shape index (κ3) is 8.13. The van der Waals surface area contributed by atoms with Gasteiger partial charge in [-0.2, -0.15) is 0 Å². The van der Waals surface area contributed by atoms with Gasteiger partial charge in [-0.15, -0.1) is 0 Å². The Hall–Kier alpha value is -1.10. The first-order valence-corrected chi connectivity index (χ1v) is 16.0. The Balaban J connectivity index is 1.92. The Morgan fingerprint density at radius 3 is 2.24 bits per heavy atom. The monoisotopic (exact) mass is 596 g/mol. The van der Waals surface area contributed by atoms with Crippen molar-refractivity contribution in [1.82, 2.24) is 9.80 Å². The molecule has 3 heterocycles. The molecule has 1 N–H and O–H groups in total. The van der Waals surface area contributed by atoms with E-state index in [4.69, 9.17) is 18.9 Å². The highest BCUT2D eigenvalue weighted by molar-refractivity contribution is 6.04. The average Bonchev–Trinajstić information content (AvgIpc) is 2.85. The van der Waals surface area contributed by atoms with E-state index in [2.05, 4.69) is 44.5 Å². The molecule has 0 radical (unpaired) electrons. The molecule has 244 valence electrons. The molecule has 9 heteroatoms. The molecule has 0 saturated carbocycles. The van der Waals surface area contributed by atoms with Crippen molar-refractivity contribution >= 4 is 11.8 Å². The number of aliphatic hydroxyl groups excluding tert-OH is 1. The van der Waals surface area contributed by atoms with Crippen molar-refractivity contribution in [2.24, 2.45) is 34.5 Å². The number of cyclic esters (lactones) is 1. The Labute approximate surface area is 254 Å². The van der Waals surface area contributed by atoms with Crippen LogP contribution >= 0.6 is 0 Å². The van der Waals surface area contributed by atoms with Gasteiger partial charge in [0, 0.05) is 51.2 Å². The van der Waals surface area contributed by atoms with Crippen molar-refractivity contribution in [2.75, 3.05) is 46.9 Å². The zero-order chi connectivity index (χ0) is 31.8. The molecular formula is C33H60N2O7. The van der Waals surface area contributed by atoms with Gasteiger partial charge in [0.2, 0.25) is 0 Å². The van der Waals surface area contributed by atoms with Crippen LogP contribution < -0.4 is 0 Å². The first-order valence-electron chi connectivity index (χ1n) is 16.0. The molecule has 3 aliphatic heterocycles. The molecule has 0 aliphatic carbocycles. The summed E-state index contributed by atoms with van der Waals surface area (Å²) in [4.78, 5) is 32.4. The highest BCUT2D eigenvalue weighted by Gasteiger charge is 2.51. The van der Waals surface area contributed by atoms with Crippen LogP contribution in [-0.2, 0) is 28.5 Å². The highest BCUT2D eigenvalue weighted by Crippen LogP contribution is 2.39. The normalized spacial score (nSPS) is 40.4. The number of likely N-dealkylation sites (N-methyl/N-ethyl adjacent to an activating group) is 1. The number of carbonyl (C=O) groups is 2. The standard InChI is InChI=1S/C33H60N2O7/c1-20-14-33(10,39-12)28(42-29-26(36)21(2)13-22(3)41-29)23(4)27(37)32(8,9)30(38)40-18-25(34(11)15-20)24-16-35(17-24)19-31(5,6)7/h20-26,28-29,36H,13-19H2,1-12H3/t20-,21+,22-,23+,25+,26-,28-,29+,33-/m1/s1. The summed E-state index contributed by atoms with van der Waals surface area (Å²) in [5, 5.41) is 11.0. The van der Waals surface area contributed by atoms with Gasteiger partial charge in [0.1, 0.15) is 18.1 Å². The second kappa shape index (κ2) is 13.5. The van der Waals surface area contributed by atoms with E-state index in [1.54, 1.807) is 27.9 Å². The van der Waals surface area contributed by atoms with E-state index in [0.29, 0.717) is 12.3 Å². The van der Waals surface area contributed by atoms with Crippen molar-refractivity contribution < 1.29 is 33.6 Å². The third-order valence-electron chi connectivity index (χ3n) is 9.81. The van der Waals surface area contributed by atoms with E-state index in [1.165, 1.54) is 0 Å². The van der Waals surface area contributed by atoms with Gasteiger partial charge < -0.3 is 29.0 Å². The second-order valence-electron chi connectivity index (χ2n) is 15.8. The summed E-state index contributed by atoms with van der Waals surface area (Å²) in [5.41, 5.74) is -2.05. The summed E-state index contributed by atoms with van der Waals surface area (Å²) < 4.78 is 24.8. The van der Waals surface area contributed by atoms with Crippen LogP contribution in [-0.4, -0.2) is 110 Å². The molecule has 3 saturated heterocycles. The number of ether oxygens (including phenoxy) is 4. The van der Waals surface area contributed by atoms with Crippen LogP contribution in [0.15, 0.2) is 0 Å². The topological polar surface area (TPSA) is 97.8 Å². The number of likely N-dealkylation sites (tertiary alicyclic amines) is 1. The summed E-state index contributed by atoms with van der Waals surface area (Å²) in [6, 6.07) is 0.0475. The minimum absolute atomic E-state index is 0.0185. The van der Waals surface area contributed by atoms with E-state index in [-0.39, 0.29) is 41.8 Å². The van der Waals surface area contributed by atoms with Gasteiger partial charge in [0.15, 0.2) is 12.1 Å². The van der Waals surface area contributed by atoms with Crippen LogP contribution in [0.1, 0.15) is 82.1 Å². The summed E-state index contributed by atoms with van der Waals surface area (Å²) in [7, 11) is 3.75. The molecular weight excluding hydrogens is 536 g/mol. The quantitative estimate of drug-likeness (QED) is 0.373. The lowest BCUT2D eigenvalue weighted by molar-refractivity contribution is -0.295. The largest absolute Gasteiger partial charge is 0.463 e. The molecule has 3 aliphatic rings. The van der Waals surface area contributed by atoms with Crippen LogP contribution in [0.25, 0.3) is 0 Å². The first kappa shape index (κ1) is 35.4. The molecule has 9 atom stereocenters. The average molecular weight is 597 g/mol. The fraction of sp³-hybridized carbons (Fsp3) is 0.939. The molecule has 0 aromatic carbocycles. The Morgan fingerprint density at radius 1 is 1.05 bits per heavy atom. The van der Waals surface area contributed by atoms with Crippen LogP contribution in [0.3, 0.4) is 0 Å². The number of hydrogen-bond acceptors (Lipinski definition) is 9. The summed E-state index contributed by atoms with van der Waals surface area (Å²) in [6.07, 6.45) is -1.25. The molecule has 3 rings (SSSR count). The number of ketones is 1. The number of methoxy groups -OCH3 is 1. The summed E-state index contributed by atoms with van der Waals surface area (Å²) in [6.45, 7) is 23.9. The summed E-state index contributed by atoms with van der Waals surface area (Å²) in [5.74, 6) is -0.982. The van der Waals surface area contributed by atoms with Gasteiger partial charge in [-0.25, -0.2) is 0 Å². The number of esters is 1.